The molecule has 1 aromatic carbocycles. The fourth-order valence-electron chi connectivity index (χ4n) is 1.46. The third kappa shape index (κ3) is 2.67. The first-order chi connectivity index (χ1) is 8.61. The van der Waals surface area contributed by atoms with Gasteiger partial charge in [-0.1, -0.05) is 22.0 Å². The lowest BCUT2D eigenvalue weighted by atomic mass is 10.2. The van der Waals surface area contributed by atoms with Crippen molar-refractivity contribution >= 4 is 15.9 Å². The molecule has 0 bridgehead atoms. The predicted octanol–water partition coefficient (Wildman–Crippen LogP) is 4.36. The number of ether oxygens (including phenoxy) is 1. The van der Waals surface area contributed by atoms with Crippen molar-refractivity contribution in [3.63, 3.8) is 0 Å². The van der Waals surface area contributed by atoms with Crippen molar-refractivity contribution in [1.82, 2.24) is 4.98 Å². The highest BCUT2D eigenvalue weighted by molar-refractivity contribution is 9.08. The lowest BCUT2D eigenvalue weighted by Crippen LogP contribution is -1.96. The van der Waals surface area contributed by atoms with Crippen molar-refractivity contribution in [3.8, 4) is 11.6 Å². The Labute approximate surface area is 112 Å². The zero-order valence-corrected chi connectivity index (χ0v) is 11.2. The summed E-state index contributed by atoms with van der Waals surface area (Å²) >= 11 is 3.31. The smallest absolute Gasteiger partial charge is 0.223 e. The molecule has 0 spiro atoms. The summed E-state index contributed by atoms with van der Waals surface area (Å²) in [4.78, 5) is 4.07. The summed E-state index contributed by atoms with van der Waals surface area (Å²) in [5, 5.41) is 0.568. The number of halogens is 3. The Balaban J connectivity index is 2.37. The summed E-state index contributed by atoms with van der Waals surface area (Å²) in [6.07, 6.45) is 1.58. The maximum absolute atomic E-state index is 13.2. The van der Waals surface area contributed by atoms with Gasteiger partial charge in [-0.3, -0.25) is 0 Å². The number of hydrogen-bond acceptors (Lipinski definition) is 2. The van der Waals surface area contributed by atoms with E-state index in [1.807, 2.05) is 6.07 Å². The van der Waals surface area contributed by atoms with E-state index in [4.69, 9.17) is 4.74 Å². The van der Waals surface area contributed by atoms with Crippen LogP contribution in [0.4, 0.5) is 8.78 Å². The second-order valence-corrected chi connectivity index (χ2v) is 4.30. The zero-order chi connectivity index (χ0) is 13.1. The Hall–Kier alpha value is -1.49. The number of rotatable bonds is 3. The van der Waals surface area contributed by atoms with E-state index in [0.29, 0.717) is 16.8 Å². The van der Waals surface area contributed by atoms with E-state index in [2.05, 4.69) is 20.9 Å². The number of nitrogens with zero attached hydrogens (tertiary/aromatic N) is 1. The molecule has 1 aromatic heterocycles. The van der Waals surface area contributed by atoms with Crippen molar-refractivity contribution < 1.29 is 13.5 Å². The van der Waals surface area contributed by atoms with Crippen LogP contribution in [0.15, 0.2) is 30.5 Å². The van der Waals surface area contributed by atoms with Crippen molar-refractivity contribution in [2.75, 3.05) is 0 Å². The van der Waals surface area contributed by atoms with Crippen LogP contribution >= 0.6 is 15.9 Å². The molecular formula is C13H10BrF2NO. The summed E-state index contributed by atoms with van der Waals surface area (Å²) in [6.45, 7) is 1.65. The molecule has 0 N–H and O–H groups in total. The molecular weight excluding hydrogens is 304 g/mol. The Morgan fingerprint density at radius 2 is 2.00 bits per heavy atom. The normalized spacial score (nSPS) is 10.4. The first-order valence-electron chi connectivity index (χ1n) is 5.25. The van der Waals surface area contributed by atoms with Crippen LogP contribution in [-0.4, -0.2) is 4.98 Å². The summed E-state index contributed by atoms with van der Waals surface area (Å²) in [7, 11) is 0. The highest BCUT2D eigenvalue weighted by atomic mass is 79.9. The molecule has 0 radical (unpaired) electrons. The second-order valence-electron chi connectivity index (χ2n) is 3.74. The Kier molecular flexibility index (Phi) is 3.91. The minimum atomic E-state index is -0.938. The van der Waals surface area contributed by atoms with Crippen molar-refractivity contribution in [3.05, 3.63) is 53.2 Å². The Morgan fingerprint density at radius 1 is 1.28 bits per heavy atom. The van der Waals surface area contributed by atoms with E-state index in [0.717, 1.165) is 17.7 Å². The third-order valence-corrected chi connectivity index (χ3v) is 3.02. The molecule has 2 aromatic rings. The van der Waals surface area contributed by atoms with Gasteiger partial charge in [-0.25, -0.2) is 13.8 Å². The second kappa shape index (κ2) is 5.44. The monoisotopic (exact) mass is 313 g/mol. The molecule has 94 valence electrons. The number of alkyl halides is 1. The van der Waals surface area contributed by atoms with Crippen LogP contribution in [0.2, 0.25) is 0 Å². The van der Waals surface area contributed by atoms with E-state index in [1.54, 1.807) is 19.2 Å². The largest absolute Gasteiger partial charge is 0.438 e. The number of pyridine rings is 1. The lowest BCUT2D eigenvalue weighted by Gasteiger charge is -2.10. The van der Waals surface area contributed by atoms with Gasteiger partial charge < -0.3 is 4.74 Å². The molecule has 2 nitrogen and oxygen atoms in total. The molecule has 0 aliphatic heterocycles. The van der Waals surface area contributed by atoms with Gasteiger partial charge in [0, 0.05) is 23.2 Å². The number of benzene rings is 1. The number of aryl methyl sites for hydroxylation is 1. The van der Waals surface area contributed by atoms with Crippen molar-refractivity contribution in [2.24, 2.45) is 0 Å². The summed E-state index contributed by atoms with van der Waals surface area (Å²) < 4.78 is 31.7. The average molecular weight is 314 g/mol. The first-order valence-corrected chi connectivity index (χ1v) is 6.37. The van der Waals surface area contributed by atoms with Crippen LogP contribution in [0.5, 0.6) is 11.6 Å². The fourth-order valence-corrected chi connectivity index (χ4v) is 1.89. The molecule has 0 aliphatic rings. The van der Waals surface area contributed by atoms with Crippen molar-refractivity contribution in [1.29, 1.82) is 0 Å². The maximum Gasteiger partial charge on any atom is 0.223 e. The molecule has 2 rings (SSSR count). The number of aromatic nitrogens is 1. The molecule has 0 saturated heterocycles. The average Bonchev–Trinajstić information content (AvgIpc) is 2.36. The van der Waals surface area contributed by atoms with E-state index < -0.39 is 11.6 Å². The van der Waals surface area contributed by atoms with E-state index in [1.165, 1.54) is 0 Å². The molecule has 0 fully saturated rings. The van der Waals surface area contributed by atoms with Crippen LogP contribution in [-0.2, 0) is 5.33 Å². The predicted molar refractivity (Wildman–Crippen MR) is 68.0 cm³/mol. The molecule has 1 heterocycles. The van der Waals surface area contributed by atoms with Gasteiger partial charge in [-0.2, -0.15) is 0 Å². The van der Waals surface area contributed by atoms with Gasteiger partial charge in [-0.15, -0.1) is 0 Å². The SMILES string of the molecule is Cc1cc(F)c(F)cc1Oc1ncccc1CBr. The van der Waals surface area contributed by atoms with E-state index in [-0.39, 0.29) is 5.75 Å². The summed E-state index contributed by atoms with van der Waals surface area (Å²) in [5.41, 5.74) is 1.35. The highest BCUT2D eigenvalue weighted by Crippen LogP contribution is 2.28. The third-order valence-electron chi connectivity index (χ3n) is 2.42. The van der Waals surface area contributed by atoms with Gasteiger partial charge in [-0.05, 0) is 24.6 Å². The lowest BCUT2D eigenvalue weighted by molar-refractivity contribution is 0.440. The van der Waals surface area contributed by atoms with E-state index >= 15 is 0 Å². The molecule has 0 unspecified atom stereocenters. The molecule has 5 heteroatoms. The molecule has 0 atom stereocenters. The van der Waals surface area contributed by atoms with Gasteiger partial charge in [0.1, 0.15) is 5.75 Å². The van der Waals surface area contributed by atoms with Crippen LogP contribution in [0, 0.1) is 18.6 Å². The summed E-state index contributed by atoms with van der Waals surface area (Å²) in [5.74, 6) is -1.19. The van der Waals surface area contributed by atoms with Gasteiger partial charge >= 0.3 is 0 Å². The van der Waals surface area contributed by atoms with Gasteiger partial charge in [0.2, 0.25) is 5.88 Å². The van der Waals surface area contributed by atoms with Gasteiger partial charge in [0.05, 0.1) is 0 Å². The molecule has 0 amide bonds. The molecule has 18 heavy (non-hydrogen) atoms. The van der Waals surface area contributed by atoms with Gasteiger partial charge in [0.25, 0.3) is 0 Å². The minimum absolute atomic E-state index is 0.259. The first kappa shape index (κ1) is 13.0. The Morgan fingerprint density at radius 3 is 2.72 bits per heavy atom. The molecule has 0 aliphatic carbocycles. The van der Waals surface area contributed by atoms with Crippen LogP contribution in [0.3, 0.4) is 0 Å². The van der Waals surface area contributed by atoms with Gasteiger partial charge in [0.15, 0.2) is 11.6 Å². The maximum atomic E-state index is 13.2. The zero-order valence-electron chi connectivity index (χ0n) is 9.58. The van der Waals surface area contributed by atoms with E-state index in [9.17, 15) is 8.78 Å². The standard InChI is InChI=1S/C13H10BrF2NO/c1-8-5-10(15)11(16)6-12(8)18-13-9(7-14)3-2-4-17-13/h2-6H,7H2,1H3. The molecule has 0 saturated carbocycles. The summed E-state index contributed by atoms with van der Waals surface area (Å²) in [6, 6.07) is 5.74. The fraction of sp³-hybridized carbons (Fsp3) is 0.154. The quantitative estimate of drug-likeness (QED) is 0.786. The topological polar surface area (TPSA) is 22.1 Å². The van der Waals surface area contributed by atoms with Crippen LogP contribution in [0.1, 0.15) is 11.1 Å². The van der Waals surface area contributed by atoms with Crippen LogP contribution < -0.4 is 4.74 Å². The van der Waals surface area contributed by atoms with Crippen molar-refractivity contribution in [2.45, 2.75) is 12.3 Å². The highest BCUT2D eigenvalue weighted by Gasteiger charge is 2.11. The number of hydrogen-bond donors (Lipinski definition) is 0. The minimum Gasteiger partial charge on any atom is -0.438 e. The Bertz CT molecular complexity index is 575. The van der Waals surface area contributed by atoms with Crippen LogP contribution in [0.25, 0.3) is 0 Å².